The summed E-state index contributed by atoms with van der Waals surface area (Å²) in [5.74, 6) is 0.620. The molecule has 0 saturated carbocycles. The maximum Gasteiger partial charge on any atom is 0.207 e. The van der Waals surface area contributed by atoms with Gasteiger partial charge >= 0.3 is 0 Å². The van der Waals surface area contributed by atoms with Gasteiger partial charge in [0, 0.05) is 11.8 Å². The molecule has 0 fully saturated rings. The Balaban J connectivity index is 1.83. The number of benzene rings is 1. The molecule has 0 amide bonds. The van der Waals surface area contributed by atoms with E-state index in [4.69, 9.17) is 8.83 Å². The van der Waals surface area contributed by atoms with Crippen molar-refractivity contribution in [2.75, 3.05) is 0 Å². The number of para-hydroxylation sites is 1. The van der Waals surface area contributed by atoms with Gasteiger partial charge in [-0.2, -0.15) is 10.4 Å². The number of rotatable bonds is 5. The molecule has 3 aromatic heterocycles. The largest absolute Gasteiger partial charge is 0.469 e. The average molecular weight is 369 g/mol. The van der Waals surface area contributed by atoms with Gasteiger partial charge in [-0.05, 0) is 43.3 Å². The second-order valence-electron chi connectivity index (χ2n) is 6.08. The molecule has 0 atom stereocenters. The number of hydrogen-bond acceptors (Lipinski definition) is 5. The zero-order valence-electron chi connectivity index (χ0n) is 15.0. The maximum atomic E-state index is 12.7. The van der Waals surface area contributed by atoms with Crippen molar-refractivity contribution in [1.29, 1.82) is 5.26 Å². The zero-order chi connectivity index (χ0) is 19.5. The van der Waals surface area contributed by atoms with Crippen LogP contribution in [0.5, 0.6) is 0 Å². The molecule has 136 valence electrons. The van der Waals surface area contributed by atoms with E-state index < -0.39 is 5.78 Å². The molecule has 28 heavy (non-hydrogen) atoms. The van der Waals surface area contributed by atoms with Crippen molar-refractivity contribution in [1.82, 2.24) is 9.78 Å². The number of allylic oxidation sites excluding steroid dienone is 1. The van der Waals surface area contributed by atoms with Crippen molar-refractivity contribution in [2.24, 2.45) is 0 Å². The fourth-order valence-electron chi connectivity index (χ4n) is 2.88. The molecule has 0 unspecified atom stereocenters. The summed E-state index contributed by atoms with van der Waals surface area (Å²) in [5, 5.41) is 14.2. The lowest BCUT2D eigenvalue weighted by Gasteiger charge is -1.98. The molecule has 4 aromatic rings. The van der Waals surface area contributed by atoms with E-state index in [-0.39, 0.29) is 5.57 Å². The number of aromatic nitrogens is 2. The average Bonchev–Trinajstić information content (AvgIpc) is 3.46. The number of nitriles is 1. The van der Waals surface area contributed by atoms with Gasteiger partial charge in [0.15, 0.2) is 5.76 Å². The Morgan fingerprint density at radius 1 is 1.11 bits per heavy atom. The lowest BCUT2D eigenvalue weighted by Crippen LogP contribution is -2.02. The SMILES string of the molecule is Cc1occc1C(=O)/C(C#N)=C/c1cn(-c2ccccc2)nc1-c1ccco1. The lowest BCUT2D eigenvalue weighted by atomic mass is 10.0. The minimum atomic E-state index is -0.397. The molecule has 1 aromatic carbocycles. The van der Waals surface area contributed by atoms with Gasteiger partial charge in [0.1, 0.15) is 23.1 Å². The number of carbonyl (C=O) groups is 1. The fourth-order valence-corrected chi connectivity index (χ4v) is 2.88. The van der Waals surface area contributed by atoms with Crippen molar-refractivity contribution in [2.45, 2.75) is 6.92 Å². The molecule has 0 aliphatic carbocycles. The lowest BCUT2D eigenvalue weighted by molar-refractivity contribution is 0.103. The van der Waals surface area contributed by atoms with E-state index in [9.17, 15) is 10.1 Å². The molecule has 0 radical (unpaired) electrons. The van der Waals surface area contributed by atoms with Gasteiger partial charge in [-0.1, -0.05) is 18.2 Å². The van der Waals surface area contributed by atoms with Crippen molar-refractivity contribution in [3.63, 3.8) is 0 Å². The van der Waals surface area contributed by atoms with Gasteiger partial charge in [0.2, 0.25) is 5.78 Å². The van der Waals surface area contributed by atoms with Crippen LogP contribution >= 0.6 is 0 Å². The van der Waals surface area contributed by atoms with E-state index >= 15 is 0 Å². The van der Waals surface area contributed by atoms with Crippen LogP contribution in [0.15, 0.2) is 81.7 Å². The molecule has 4 rings (SSSR count). The number of carbonyl (C=O) groups excluding carboxylic acids is 1. The predicted molar refractivity (Wildman–Crippen MR) is 103 cm³/mol. The van der Waals surface area contributed by atoms with E-state index in [0.717, 1.165) is 5.69 Å². The van der Waals surface area contributed by atoms with E-state index in [0.29, 0.717) is 28.3 Å². The fraction of sp³-hybridized carbons (Fsp3) is 0.0455. The van der Waals surface area contributed by atoms with E-state index in [2.05, 4.69) is 5.10 Å². The molecule has 0 N–H and O–H groups in total. The number of ketones is 1. The van der Waals surface area contributed by atoms with Crippen molar-refractivity contribution < 1.29 is 13.6 Å². The minimum Gasteiger partial charge on any atom is -0.469 e. The van der Waals surface area contributed by atoms with Crippen LogP contribution in [0.25, 0.3) is 23.2 Å². The van der Waals surface area contributed by atoms with Crippen LogP contribution in [-0.2, 0) is 0 Å². The second-order valence-corrected chi connectivity index (χ2v) is 6.08. The summed E-state index contributed by atoms with van der Waals surface area (Å²) in [6, 6.07) is 16.7. The van der Waals surface area contributed by atoms with Gasteiger partial charge in [-0.25, -0.2) is 4.68 Å². The van der Waals surface area contributed by atoms with Crippen molar-refractivity contribution in [3.8, 4) is 23.2 Å². The third-order valence-corrected chi connectivity index (χ3v) is 4.29. The summed E-state index contributed by atoms with van der Waals surface area (Å²) in [6.07, 6.45) is 6.27. The smallest absolute Gasteiger partial charge is 0.207 e. The summed E-state index contributed by atoms with van der Waals surface area (Å²) >= 11 is 0. The molecule has 0 aliphatic rings. The predicted octanol–water partition coefficient (Wildman–Crippen LogP) is 4.82. The topological polar surface area (TPSA) is 85.0 Å². The standard InChI is InChI=1S/C22H15N3O3/c1-15-19(9-11-27-15)22(26)16(13-23)12-17-14-25(18-6-3-2-4-7-18)24-21(17)20-8-5-10-28-20/h2-12,14H,1H3/b16-12+. The van der Waals surface area contributed by atoms with Crippen LogP contribution in [0.4, 0.5) is 0 Å². The number of furan rings is 2. The number of aryl methyl sites for hydroxylation is 1. The van der Waals surface area contributed by atoms with Crippen LogP contribution in [0.3, 0.4) is 0 Å². The molecular weight excluding hydrogens is 354 g/mol. The van der Waals surface area contributed by atoms with Crippen molar-refractivity contribution in [3.05, 3.63) is 89.7 Å². The highest BCUT2D eigenvalue weighted by atomic mass is 16.3. The highest BCUT2D eigenvalue weighted by Crippen LogP contribution is 2.27. The van der Waals surface area contributed by atoms with Gasteiger partial charge in [0.05, 0.1) is 23.8 Å². The summed E-state index contributed by atoms with van der Waals surface area (Å²) in [7, 11) is 0. The van der Waals surface area contributed by atoms with Crippen LogP contribution < -0.4 is 0 Å². The third kappa shape index (κ3) is 3.17. The molecule has 0 aliphatic heterocycles. The highest BCUT2D eigenvalue weighted by Gasteiger charge is 2.19. The Hall–Kier alpha value is -4.11. The van der Waals surface area contributed by atoms with Crippen LogP contribution in [-0.4, -0.2) is 15.6 Å². The molecule has 0 bridgehead atoms. The van der Waals surface area contributed by atoms with Crippen molar-refractivity contribution >= 4 is 11.9 Å². The maximum absolute atomic E-state index is 12.7. The third-order valence-electron chi connectivity index (χ3n) is 4.29. The molecular formula is C22H15N3O3. The van der Waals surface area contributed by atoms with Crippen LogP contribution in [0, 0.1) is 18.3 Å². The Morgan fingerprint density at radius 2 is 1.93 bits per heavy atom. The summed E-state index contributed by atoms with van der Waals surface area (Å²) in [4.78, 5) is 12.7. The molecule has 6 nitrogen and oxygen atoms in total. The summed E-state index contributed by atoms with van der Waals surface area (Å²) in [6.45, 7) is 1.68. The van der Waals surface area contributed by atoms with Gasteiger partial charge < -0.3 is 8.83 Å². The Bertz CT molecular complexity index is 1190. The monoisotopic (exact) mass is 369 g/mol. The Labute approximate surface area is 160 Å². The van der Waals surface area contributed by atoms with Crippen LogP contribution in [0.1, 0.15) is 21.7 Å². The number of hydrogen-bond donors (Lipinski definition) is 0. The minimum absolute atomic E-state index is 0.00934. The first-order valence-electron chi connectivity index (χ1n) is 8.57. The number of Topliss-reactive ketones (excluding diaryl/α,β-unsaturated/α-hetero) is 1. The van der Waals surface area contributed by atoms with Gasteiger partial charge in [-0.15, -0.1) is 0 Å². The van der Waals surface area contributed by atoms with E-state index in [1.54, 1.807) is 42.3 Å². The van der Waals surface area contributed by atoms with E-state index in [1.165, 1.54) is 12.3 Å². The molecule has 6 heteroatoms. The first kappa shape index (κ1) is 17.3. The van der Waals surface area contributed by atoms with Gasteiger partial charge in [0.25, 0.3) is 0 Å². The highest BCUT2D eigenvalue weighted by molar-refractivity contribution is 6.14. The zero-order valence-corrected chi connectivity index (χ0v) is 15.0. The Kier molecular flexibility index (Phi) is 4.48. The first-order chi connectivity index (χ1) is 13.7. The Morgan fingerprint density at radius 3 is 2.57 bits per heavy atom. The molecule has 0 spiro atoms. The normalized spacial score (nSPS) is 11.4. The second kappa shape index (κ2) is 7.25. The molecule has 3 heterocycles. The first-order valence-corrected chi connectivity index (χ1v) is 8.57. The quantitative estimate of drug-likeness (QED) is 0.286. The summed E-state index contributed by atoms with van der Waals surface area (Å²) in [5.41, 5.74) is 2.35. The van der Waals surface area contributed by atoms with E-state index in [1.807, 2.05) is 36.4 Å². The molecule has 0 saturated heterocycles. The van der Waals surface area contributed by atoms with Gasteiger partial charge in [-0.3, -0.25) is 4.79 Å². The number of nitrogens with zero attached hydrogens (tertiary/aromatic N) is 3. The van der Waals surface area contributed by atoms with Crippen LogP contribution in [0.2, 0.25) is 0 Å². The summed E-state index contributed by atoms with van der Waals surface area (Å²) < 4.78 is 12.4.